The highest BCUT2D eigenvalue weighted by molar-refractivity contribution is 6.16. The molecule has 0 bridgehead atoms. The van der Waals surface area contributed by atoms with Crippen molar-refractivity contribution in [3.8, 4) is 44.8 Å². The molecule has 0 saturated heterocycles. The van der Waals surface area contributed by atoms with Crippen LogP contribution in [0.25, 0.3) is 55.5 Å². The van der Waals surface area contributed by atoms with E-state index in [-0.39, 0.29) is 5.92 Å². The molecule has 3 nitrogen and oxygen atoms in total. The molecule has 7 aromatic rings. The molecule has 2 aliphatic rings. The number of allylic oxidation sites excluding steroid dienone is 4. The maximum atomic E-state index is 4.72. The number of benzene rings is 5. The summed E-state index contributed by atoms with van der Waals surface area (Å²) in [5.74, 6) is 0.225. The van der Waals surface area contributed by atoms with Gasteiger partial charge in [0.05, 0.1) is 11.4 Å². The minimum Gasteiger partial charge on any atom is -0.314 e. The Hall–Kier alpha value is -6.06. The van der Waals surface area contributed by atoms with Crippen LogP contribution >= 0.6 is 0 Å². The Balaban J connectivity index is 1.17. The molecule has 1 atom stereocenters. The molecule has 0 N–H and O–H groups in total. The van der Waals surface area contributed by atoms with Gasteiger partial charge in [0, 0.05) is 46.5 Å². The summed E-state index contributed by atoms with van der Waals surface area (Å²) < 4.78 is 0. The second-order valence-corrected chi connectivity index (χ2v) is 12.2. The number of hydrogen-bond acceptors (Lipinski definition) is 3. The lowest BCUT2D eigenvalue weighted by Crippen LogP contribution is -2.20. The van der Waals surface area contributed by atoms with E-state index < -0.39 is 0 Å². The van der Waals surface area contributed by atoms with Crippen LogP contribution in [-0.2, 0) is 0 Å². The van der Waals surface area contributed by atoms with Gasteiger partial charge in [0.25, 0.3) is 0 Å². The number of pyridine rings is 2. The Kier molecular flexibility index (Phi) is 6.60. The normalized spacial score (nSPS) is 14.6. The molecule has 1 unspecified atom stereocenters. The fourth-order valence-corrected chi connectivity index (χ4v) is 7.36. The van der Waals surface area contributed by atoms with Crippen LogP contribution in [0.1, 0.15) is 17.9 Å². The largest absolute Gasteiger partial charge is 0.314 e. The van der Waals surface area contributed by atoms with Gasteiger partial charge in [0.1, 0.15) is 0 Å². The van der Waals surface area contributed by atoms with Crippen molar-refractivity contribution in [2.75, 3.05) is 4.90 Å². The van der Waals surface area contributed by atoms with Crippen LogP contribution in [0.5, 0.6) is 0 Å². The van der Waals surface area contributed by atoms with Gasteiger partial charge in [-0.2, -0.15) is 0 Å². The van der Waals surface area contributed by atoms with E-state index in [1.807, 2.05) is 36.7 Å². The Labute approximate surface area is 274 Å². The van der Waals surface area contributed by atoms with Crippen molar-refractivity contribution >= 4 is 22.1 Å². The van der Waals surface area contributed by atoms with E-state index in [0.29, 0.717) is 0 Å². The van der Waals surface area contributed by atoms with Crippen molar-refractivity contribution in [2.45, 2.75) is 12.3 Å². The van der Waals surface area contributed by atoms with E-state index in [0.717, 1.165) is 40.3 Å². The summed E-state index contributed by atoms with van der Waals surface area (Å²) in [5.41, 5.74) is 14.1. The minimum absolute atomic E-state index is 0.225. The zero-order valence-electron chi connectivity index (χ0n) is 25.8. The lowest BCUT2D eigenvalue weighted by molar-refractivity contribution is 0.800. The summed E-state index contributed by atoms with van der Waals surface area (Å²) >= 11 is 0. The number of aromatic nitrogens is 2. The molecule has 0 radical (unpaired) electrons. The SMILES string of the molecule is C1=CC(c2ccc3c4c(cccc24)-c2ccccc2-3)CC(N(c2ccccc2)c2cc(-c3ccccn3)cc(-c3ccccn3)c2)=C1. The highest BCUT2D eigenvalue weighted by Crippen LogP contribution is 2.50. The van der Waals surface area contributed by atoms with Crippen LogP contribution in [0, 0.1) is 0 Å². The number of para-hydroxylation sites is 1. The van der Waals surface area contributed by atoms with Crippen LogP contribution in [0.3, 0.4) is 0 Å². The van der Waals surface area contributed by atoms with Gasteiger partial charge in [-0.1, -0.05) is 97.1 Å². The fourth-order valence-electron chi connectivity index (χ4n) is 7.36. The zero-order valence-corrected chi connectivity index (χ0v) is 25.8. The standard InChI is InChI=1S/C44H31N3/c1-2-13-33(14-3-1)47(35-28-31(42-20-6-8-24-45-42)26-32(29-35)43-21-7-9-25-46-43)34-15-10-12-30(27-34)36-22-23-41-38-17-5-4-16-37(38)40-19-11-18-39(36)44(40)41/h1-26,28-30H,27H2. The molecule has 222 valence electrons. The fraction of sp³-hybridized carbons (Fsp3) is 0.0455. The summed E-state index contributed by atoms with van der Waals surface area (Å²) in [6, 6.07) is 49.8. The molecule has 0 aliphatic heterocycles. The molecular weight excluding hydrogens is 571 g/mol. The van der Waals surface area contributed by atoms with E-state index in [1.165, 1.54) is 44.3 Å². The van der Waals surface area contributed by atoms with Gasteiger partial charge in [-0.3, -0.25) is 9.97 Å². The molecule has 0 spiro atoms. The maximum Gasteiger partial charge on any atom is 0.0702 e. The highest BCUT2D eigenvalue weighted by Gasteiger charge is 2.26. The number of anilines is 2. The van der Waals surface area contributed by atoms with Gasteiger partial charge in [0.2, 0.25) is 0 Å². The third kappa shape index (κ3) is 4.76. The summed E-state index contributed by atoms with van der Waals surface area (Å²) in [6.45, 7) is 0. The highest BCUT2D eigenvalue weighted by atomic mass is 15.1. The first-order valence-corrected chi connectivity index (χ1v) is 16.2. The smallest absolute Gasteiger partial charge is 0.0702 e. The Morgan fingerprint density at radius 2 is 1.17 bits per heavy atom. The van der Waals surface area contributed by atoms with Crippen LogP contribution in [0.15, 0.2) is 176 Å². The quantitative estimate of drug-likeness (QED) is 0.190. The number of rotatable bonds is 6. The predicted molar refractivity (Wildman–Crippen MR) is 194 cm³/mol. The molecule has 2 heterocycles. The van der Waals surface area contributed by atoms with Gasteiger partial charge in [-0.05, 0) is 106 Å². The predicted octanol–water partition coefficient (Wildman–Crippen LogP) is 11.4. The average molecular weight is 602 g/mol. The lowest BCUT2D eigenvalue weighted by Gasteiger charge is -2.32. The van der Waals surface area contributed by atoms with Crippen LogP contribution in [0.4, 0.5) is 11.4 Å². The third-order valence-corrected chi connectivity index (χ3v) is 9.44. The molecule has 2 aromatic heterocycles. The number of hydrogen-bond donors (Lipinski definition) is 0. The monoisotopic (exact) mass is 601 g/mol. The first kappa shape index (κ1) is 27.3. The van der Waals surface area contributed by atoms with E-state index in [9.17, 15) is 0 Å². The third-order valence-electron chi connectivity index (χ3n) is 9.44. The summed E-state index contributed by atoms with van der Waals surface area (Å²) in [6.07, 6.45) is 11.4. The molecule has 9 rings (SSSR count). The van der Waals surface area contributed by atoms with Gasteiger partial charge in [0.15, 0.2) is 0 Å². The van der Waals surface area contributed by atoms with Crippen LogP contribution in [-0.4, -0.2) is 9.97 Å². The van der Waals surface area contributed by atoms with Crippen LogP contribution < -0.4 is 4.90 Å². The summed E-state index contributed by atoms with van der Waals surface area (Å²) in [4.78, 5) is 11.8. The second-order valence-electron chi connectivity index (χ2n) is 12.2. The van der Waals surface area contributed by atoms with E-state index in [2.05, 4.69) is 138 Å². The van der Waals surface area contributed by atoms with Gasteiger partial charge >= 0.3 is 0 Å². The molecule has 0 amide bonds. The van der Waals surface area contributed by atoms with Crippen molar-refractivity contribution in [3.05, 3.63) is 181 Å². The maximum absolute atomic E-state index is 4.72. The Morgan fingerprint density at radius 3 is 1.85 bits per heavy atom. The van der Waals surface area contributed by atoms with E-state index >= 15 is 0 Å². The molecule has 47 heavy (non-hydrogen) atoms. The summed E-state index contributed by atoms with van der Waals surface area (Å²) in [7, 11) is 0. The van der Waals surface area contributed by atoms with Crippen molar-refractivity contribution in [1.82, 2.24) is 9.97 Å². The Bertz CT molecular complexity index is 2240. The Morgan fingerprint density at radius 1 is 0.532 bits per heavy atom. The second kappa shape index (κ2) is 11.4. The molecular formula is C44H31N3. The molecule has 0 saturated carbocycles. The summed E-state index contributed by atoms with van der Waals surface area (Å²) in [5, 5.41) is 2.71. The van der Waals surface area contributed by atoms with E-state index in [1.54, 1.807) is 0 Å². The molecule has 5 aromatic carbocycles. The van der Waals surface area contributed by atoms with Gasteiger partial charge in [-0.15, -0.1) is 0 Å². The van der Waals surface area contributed by atoms with Crippen molar-refractivity contribution in [2.24, 2.45) is 0 Å². The average Bonchev–Trinajstić information content (AvgIpc) is 3.48. The van der Waals surface area contributed by atoms with Crippen LogP contribution in [0.2, 0.25) is 0 Å². The lowest BCUT2D eigenvalue weighted by atomic mass is 9.85. The zero-order chi connectivity index (χ0) is 31.2. The molecule has 0 fully saturated rings. The van der Waals surface area contributed by atoms with Gasteiger partial charge < -0.3 is 4.90 Å². The first-order chi connectivity index (χ1) is 23.3. The van der Waals surface area contributed by atoms with Crippen molar-refractivity contribution in [3.63, 3.8) is 0 Å². The molecule has 3 heteroatoms. The van der Waals surface area contributed by atoms with E-state index in [4.69, 9.17) is 9.97 Å². The molecule has 2 aliphatic carbocycles. The van der Waals surface area contributed by atoms with Crippen molar-refractivity contribution < 1.29 is 0 Å². The topological polar surface area (TPSA) is 29.0 Å². The number of fused-ring (bicyclic) bond motifs is 3. The number of nitrogens with zero attached hydrogens (tertiary/aromatic N) is 3. The first-order valence-electron chi connectivity index (χ1n) is 16.2. The minimum atomic E-state index is 0.225. The van der Waals surface area contributed by atoms with Gasteiger partial charge in [-0.25, -0.2) is 0 Å². The van der Waals surface area contributed by atoms with Crippen molar-refractivity contribution in [1.29, 1.82) is 0 Å².